The first-order valence-electron chi connectivity index (χ1n) is 7.80. The number of benzene rings is 1. The van der Waals surface area contributed by atoms with Crippen LogP contribution >= 0.6 is 0 Å². The first kappa shape index (κ1) is 18.6. The quantitative estimate of drug-likeness (QED) is 0.886. The van der Waals surface area contributed by atoms with E-state index in [0.717, 1.165) is 12.1 Å². The van der Waals surface area contributed by atoms with Gasteiger partial charge >= 0.3 is 12.3 Å². The van der Waals surface area contributed by atoms with Gasteiger partial charge in [-0.2, -0.15) is 13.2 Å². The predicted octanol–water partition coefficient (Wildman–Crippen LogP) is 4.28. The molecule has 0 spiro atoms. The van der Waals surface area contributed by atoms with Crippen molar-refractivity contribution in [2.24, 2.45) is 0 Å². The Hall–Kier alpha value is -1.76. The summed E-state index contributed by atoms with van der Waals surface area (Å²) in [7, 11) is 0. The Labute approximate surface area is 139 Å². The summed E-state index contributed by atoms with van der Waals surface area (Å²) in [6, 6.07) is 5.08. The fourth-order valence-corrected chi connectivity index (χ4v) is 2.35. The maximum atomic E-state index is 12.6. The van der Waals surface area contributed by atoms with Gasteiger partial charge in [0.15, 0.2) is 0 Å². The van der Waals surface area contributed by atoms with E-state index >= 15 is 0 Å². The number of amides is 1. The molecule has 0 bridgehead atoms. The Morgan fingerprint density at radius 2 is 1.92 bits per heavy atom. The summed E-state index contributed by atoms with van der Waals surface area (Å²) in [5.74, 6) is 0. The van der Waals surface area contributed by atoms with Crippen molar-refractivity contribution in [3.05, 3.63) is 35.4 Å². The highest BCUT2D eigenvalue weighted by atomic mass is 19.4. The van der Waals surface area contributed by atoms with Crippen LogP contribution in [-0.4, -0.2) is 23.8 Å². The maximum Gasteiger partial charge on any atom is 0.416 e. The molecule has 1 fully saturated rings. The Morgan fingerprint density at radius 1 is 1.25 bits per heavy atom. The number of ether oxygens (including phenoxy) is 2. The number of halogens is 3. The van der Waals surface area contributed by atoms with Crippen LogP contribution in [0.3, 0.4) is 0 Å². The van der Waals surface area contributed by atoms with Gasteiger partial charge in [-0.3, -0.25) is 0 Å². The van der Waals surface area contributed by atoms with E-state index in [4.69, 9.17) is 9.47 Å². The standard InChI is InChI=1S/C17H22F3NO3/c1-16(2,3)24-15(22)21-13-8-14(9-13)23-10-11-5-4-6-12(7-11)17(18,19)20/h4-7,13-14H,8-10H2,1-3H3,(H,21,22). The average molecular weight is 345 g/mol. The van der Waals surface area contributed by atoms with Gasteiger partial charge in [0, 0.05) is 6.04 Å². The molecule has 1 saturated carbocycles. The van der Waals surface area contributed by atoms with Crippen LogP contribution in [0.2, 0.25) is 0 Å². The molecule has 1 amide bonds. The first-order chi connectivity index (χ1) is 11.0. The van der Waals surface area contributed by atoms with Crippen molar-refractivity contribution in [2.45, 2.75) is 64.1 Å². The Balaban J connectivity index is 1.72. The molecular formula is C17H22F3NO3. The topological polar surface area (TPSA) is 47.6 Å². The van der Waals surface area contributed by atoms with Crippen LogP contribution in [-0.2, 0) is 22.3 Å². The zero-order valence-corrected chi connectivity index (χ0v) is 13.9. The summed E-state index contributed by atoms with van der Waals surface area (Å²) in [6.45, 7) is 5.48. The Morgan fingerprint density at radius 3 is 2.50 bits per heavy atom. The number of hydrogen-bond acceptors (Lipinski definition) is 3. The molecule has 24 heavy (non-hydrogen) atoms. The molecule has 0 atom stereocenters. The zero-order chi connectivity index (χ0) is 18.0. The highest BCUT2D eigenvalue weighted by molar-refractivity contribution is 5.68. The van der Waals surface area contributed by atoms with Gasteiger partial charge in [-0.15, -0.1) is 0 Å². The van der Waals surface area contributed by atoms with Crippen molar-refractivity contribution in [3.63, 3.8) is 0 Å². The van der Waals surface area contributed by atoms with E-state index in [1.807, 2.05) is 0 Å². The number of hydrogen-bond donors (Lipinski definition) is 1. The van der Waals surface area contributed by atoms with Crippen molar-refractivity contribution in [3.8, 4) is 0 Å². The summed E-state index contributed by atoms with van der Waals surface area (Å²) >= 11 is 0. The second-order valence-corrected chi connectivity index (χ2v) is 6.95. The summed E-state index contributed by atoms with van der Waals surface area (Å²) in [5.41, 5.74) is -0.747. The van der Waals surface area contributed by atoms with Crippen molar-refractivity contribution in [2.75, 3.05) is 0 Å². The molecule has 0 aliphatic heterocycles. The minimum absolute atomic E-state index is 0.0219. The molecule has 1 aromatic rings. The Bertz CT molecular complexity index is 575. The number of carbonyl (C=O) groups is 1. The van der Waals surface area contributed by atoms with E-state index in [1.54, 1.807) is 26.8 Å². The van der Waals surface area contributed by atoms with Crippen LogP contribution in [0.25, 0.3) is 0 Å². The molecule has 0 unspecified atom stereocenters. The van der Waals surface area contributed by atoms with Gasteiger partial charge in [-0.05, 0) is 51.3 Å². The second kappa shape index (κ2) is 7.01. The van der Waals surface area contributed by atoms with E-state index in [2.05, 4.69) is 5.32 Å². The van der Waals surface area contributed by atoms with Crippen LogP contribution in [0.1, 0.15) is 44.7 Å². The molecule has 1 aromatic carbocycles. The number of alkyl carbamates (subject to hydrolysis) is 1. The molecule has 0 radical (unpaired) electrons. The fourth-order valence-electron chi connectivity index (χ4n) is 2.35. The van der Waals surface area contributed by atoms with Gasteiger partial charge in [0.2, 0.25) is 0 Å². The lowest BCUT2D eigenvalue weighted by molar-refractivity contribution is -0.137. The molecule has 4 nitrogen and oxygen atoms in total. The highest BCUT2D eigenvalue weighted by Gasteiger charge is 2.33. The lowest BCUT2D eigenvalue weighted by Crippen LogP contribution is -2.49. The zero-order valence-electron chi connectivity index (χ0n) is 13.9. The monoisotopic (exact) mass is 345 g/mol. The fraction of sp³-hybridized carbons (Fsp3) is 0.588. The summed E-state index contributed by atoms with van der Waals surface area (Å²) in [6.07, 6.45) is -3.64. The van der Waals surface area contributed by atoms with E-state index < -0.39 is 23.4 Å². The number of carbonyl (C=O) groups excluding carboxylic acids is 1. The van der Waals surface area contributed by atoms with E-state index in [1.165, 1.54) is 6.07 Å². The van der Waals surface area contributed by atoms with Gasteiger partial charge in [0.1, 0.15) is 5.60 Å². The van der Waals surface area contributed by atoms with Crippen molar-refractivity contribution in [1.29, 1.82) is 0 Å². The van der Waals surface area contributed by atoms with Gasteiger partial charge < -0.3 is 14.8 Å². The summed E-state index contributed by atoms with van der Waals surface area (Å²) in [5, 5.41) is 2.74. The van der Waals surface area contributed by atoms with Gasteiger partial charge in [0.25, 0.3) is 0 Å². The van der Waals surface area contributed by atoms with Crippen molar-refractivity contribution in [1.82, 2.24) is 5.32 Å². The third-order valence-electron chi connectivity index (χ3n) is 3.56. The third kappa shape index (κ3) is 5.70. The van der Waals surface area contributed by atoms with Crippen LogP contribution in [0, 0.1) is 0 Å². The maximum absolute atomic E-state index is 12.6. The van der Waals surface area contributed by atoms with Crippen LogP contribution < -0.4 is 5.32 Å². The smallest absolute Gasteiger partial charge is 0.416 e. The lowest BCUT2D eigenvalue weighted by atomic mass is 9.89. The molecule has 2 rings (SSSR count). The summed E-state index contributed by atoms with van der Waals surface area (Å²) in [4.78, 5) is 11.6. The molecule has 0 saturated heterocycles. The average Bonchev–Trinajstić information content (AvgIpc) is 2.38. The van der Waals surface area contributed by atoms with Gasteiger partial charge in [-0.25, -0.2) is 4.79 Å². The summed E-state index contributed by atoms with van der Waals surface area (Å²) < 4.78 is 48.7. The van der Waals surface area contributed by atoms with Gasteiger partial charge in [-0.1, -0.05) is 12.1 Å². The number of nitrogens with one attached hydrogen (secondary N) is 1. The molecular weight excluding hydrogens is 323 g/mol. The molecule has 7 heteroatoms. The van der Waals surface area contributed by atoms with E-state index in [9.17, 15) is 18.0 Å². The first-order valence-corrected chi connectivity index (χ1v) is 7.80. The number of rotatable bonds is 4. The molecule has 1 aliphatic carbocycles. The SMILES string of the molecule is CC(C)(C)OC(=O)NC1CC(OCc2cccc(C(F)(F)F)c2)C1. The van der Waals surface area contributed by atoms with Crippen LogP contribution in [0.4, 0.5) is 18.0 Å². The molecule has 0 aromatic heterocycles. The van der Waals surface area contributed by atoms with Crippen molar-refractivity contribution < 1.29 is 27.4 Å². The lowest BCUT2D eigenvalue weighted by Gasteiger charge is -2.36. The van der Waals surface area contributed by atoms with Crippen molar-refractivity contribution >= 4 is 6.09 Å². The molecule has 134 valence electrons. The number of alkyl halides is 3. The Kier molecular flexibility index (Phi) is 5.42. The normalized spacial score (nSPS) is 21.1. The van der Waals surface area contributed by atoms with Crippen LogP contribution in [0.15, 0.2) is 24.3 Å². The molecule has 1 aliphatic rings. The predicted molar refractivity (Wildman–Crippen MR) is 82.4 cm³/mol. The van der Waals surface area contributed by atoms with Gasteiger partial charge in [0.05, 0.1) is 18.3 Å². The van der Waals surface area contributed by atoms with Crippen LogP contribution in [0.5, 0.6) is 0 Å². The second-order valence-electron chi connectivity index (χ2n) is 6.95. The molecule has 0 heterocycles. The minimum Gasteiger partial charge on any atom is -0.444 e. The largest absolute Gasteiger partial charge is 0.444 e. The highest BCUT2D eigenvalue weighted by Crippen LogP contribution is 2.30. The van der Waals surface area contributed by atoms with E-state index in [0.29, 0.717) is 18.4 Å². The minimum atomic E-state index is -4.35. The molecule has 1 N–H and O–H groups in total. The third-order valence-corrected chi connectivity index (χ3v) is 3.56. The van der Waals surface area contributed by atoms with E-state index in [-0.39, 0.29) is 18.8 Å².